The fraction of sp³-hybridized carbons (Fsp3) is 0.308. The molecule has 0 saturated carbocycles. The molecule has 3 aromatic carbocycles. The molecule has 4 rings (SSSR count). The molecule has 1 nitrogen and oxygen atoms in total. The molecular weight excluding hydrogens is 366 g/mol. The molecule has 4 aromatic rings. The van der Waals surface area contributed by atoms with Gasteiger partial charge in [0.05, 0.1) is 0 Å². The molecule has 0 saturated heterocycles. The second-order valence-electron chi connectivity index (χ2n) is 7.92. The van der Waals surface area contributed by atoms with Crippen LogP contribution >= 0.6 is 0 Å². The predicted molar refractivity (Wildman–Crippen MR) is 118 cm³/mol. The summed E-state index contributed by atoms with van der Waals surface area (Å²) in [5.41, 5.74) is 2.46. The Morgan fingerprint density at radius 3 is 2.03 bits per heavy atom. The van der Waals surface area contributed by atoms with Crippen molar-refractivity contribution >= 4 is 21.9 Å². The van der Waals surface area contributed by atoms with Gasteiger partial charge in [0.25, 0.3) is 0 Å². The van der Waals surface area contributed by atoms with Crippen LogP contribution in [0.1, 0.15) is 64.2 Å². The summed E-state index contributed by atoms with van der Waals surface area (Å²) in [4.78, 5) is 0. The van der Waals surface area contributed by atoms with Gasteiger partial charge in [-0.15, -0.1) is 0 Å². The Balaban J connectivity index is 0.00000117. The first-order valence-electron chi connectivity index (χ1n) is 10.2. The Hall–Kier alpha value is -2.68. The third-order valence-electron chi connectivity index (χ3n) is 5.53. The zero-order chi connectivity index (χ0) is 21.3. The zero-order valence-electron chi connectivity index (χ0n) is 17.9. The highest BCUT2D eigenvalue weighted by Crippen LogP contribution is 2.39. The van der Waals surface area contributed by atoms with Crippen molar-refractivity contribution in [1.82, 2.24) is 0 Å². The molecule has 0 aliphatic carbocycles. The minimum Gasteiger partial charge on any atom is -0.450 e. The molecule has 0 unspecified atom stereocenters. The highest BCUT2D eigenvalue weighted by atomic mass is 19.1. The van der Waals surface area contributed by atoms with Crippen molar-refractivity contribution in [2.24, 2.45) is 0 Å². The van der Waals surface area contributed by atoms with E-state index in [-0.39, 0.29) is 11.2 Å². The van der Waals surface area contributed by atoms with Crippen molar-refractivity contribution in [2.45, 2.75) is 52.9 Å². The van der Waals surface area contributed by atoms with E-state index in [1.165, 1.54) is 11.6 Å². The second kappa shape index (κ2) is 7.98. The lowest BCUT2D eigenvalue weighted by atomic mass is 9.77. The summed E-state index contributed by atoms with van der Waals surface area (Å²) in [5, 5.41) is 1.19. The van der Waals surface area contributed by atoms with E-state index in [4.69, 9.17) is 4.42 Å². The molecule has 0 bridgehead atoms. The fourth-order valence-electron chi connectivity index (χ4n) is 3.72. The molecule has 0 N–H and O–H groups in total. The molecule has 0 aliphatic heterocycles. The molecule has 29 heavy (non-hydrogen) atoms. The Labute approximate surface area is 171 Å². The van der Waals surface area contributed by atoms with Crippen LogP contribution in [0.25, 0.3) is 21.9 Å². The molecule has 0 atom stereocenters. The Kier molecular flexibility index (Phi) is 5.79. The molecule has 0 radical (unpaired) electrons. The van der Waals surface area contributed by atoms with Gasteiger partial charge in [-0.2, -0.15) is 0 Å². The topological polar surface area (TPSA) is 13.1 Å². The van der Waals surface area contributed by atoms with Crippen LogP contribution < -0.4 is 0 Å². The van der Waals surface area contributed by atoms with E-state index in [9.17, 15) is 4.39 Å². The molecule has 1 aromatic heterocycles. The van der Waals surface area contributed by atoms with Crippen molar-refractivity contribution in [3.8, 4) is 0 Å². The maximum absolute atomic E-state index is 15.4. The van der Waals surface area contributed by atoms with Crippen molar-refractivity contribution in [2.75, 3.05) is 0 Å². The number of furan rings is 1. The van der Waals surface area contributed by atoms with Gasteiger partial charge in [0, 0.05) is 21.8 Å². The third-order valence-corrected chi connectivity index (χ3v) is 5.53. The summed E-state index contributed by atoms with van der Waals surface area (Å²) in [5.74, 6) is -0.463. The van der Waals surface area contributed by atoms with E-state index in [2.05, 4.69) is 38.1 Å². The maximum Gasteiger partial charge on any atom is 0.171 e. The van der Waals surface area contributed by atoms with E-state index in [1.807, 2.05) is 33.8 Å². The van der Waals surface area contributed by atoms with Crippen LogP contribution in [-0.2, 0) is 5.41 Å². The van der Waals surface area contributed by atoms with Crippen molar-refractivity contribution < 1.29 is 13.2 Å². The molecule has 0 fully saturated rings. The minimum absolute atomic E-state index is 0.0997. The average molecular weight is 395 g/mol. The second-order valence-corrected chi connectivity index (χ2v) is 7.92. The number of para-hydroxylation sites is 1. The zero-order valence-corrected chi connectivity index (χ0v) is 17.9. The van der Waals surface area contributed by atoms with E-state index in [1.54, 1.807) is 18.2 Å². The summed E-state index contributed by atoms with van der Waals surface area (Å²) in [7, 11) is 0. The lowest BCUT2D eigenvalue weighted by molar-refractivity contribution is 0.525. The number of fused-ring (bicyclic) bond motifs is 3. The van der Waals surface area contributed by atoms with Crippen LogP contribution in [0.15, 0.2) is 59.0 Å². The van der Waals surface area contributed by atoms with Crippen molar-refractivity contribution in [1.29, 1.82) is 0 Å². The predicted octanol–water partition coefficient (Wildman–Crippen LogP) is 8.34. The van der Waals surface area contributed by atoms with Crippen LogP contribution in [0.2, 0.25) is 0 Å². The molecule has 1 heterocycles. The molecule has 0 amide bonds. The summed E-state index contributed by atoms with van der Waals surface area (Å²) < 4.78 is 35.0. The number of rotatable bonds is 3. The molecular formula is C26H28F2O. The Morgan fingerprint density at radius 1 is 0.793 bits per heavy atom. The van der Waals surface area contributed by atoms with Crippen molar-refractivity contribution in [3.63, 3.8) is 0 Å². The summed E-state index contributed by atoms with van der Waals surface area (Å²) in [6, 6.07) is 16.6. The number of benzene rings is 3. The van der Waals surface area contributed by atoms with Gasteiger partial charge >= 0.3 is 0 Å². The normalized spacial score (nSPS) is 11.8. The van der Waals surface area contributed by atoms with Gasteiger partial charge < -0.3 is 4.42 Å². The Bertz CT molecular complexity index is 1140. The van der Waals surface area contributed by atoms with Crippen molar-refractivity contribution in [3.05, 3.63) is 82.9 Å². The Morgan fingerprint density at radius 2 is 1.41 bits per heavy atom. The number of hydrogen-bond acceptors (Lipinski definition) is 1. The van der Waals surface area contributed by atoms with E-state index in [0.717, 1.165) is 5.56 Å². The maximum atomic E-state index is 15.4. The molecule has 152 valence electrons. The fourth-order valence-corrected chi connectivity index (χ4v) is 3.72. The van der Waals surface area contributed by atoms with Gasteiger partial charge in [-0.1, -0.05) is 84.0 Å². The first-order chi connectivity index (χ1) is 13.8. The van der Waals surface area contributed by atoms with Gasteiger partial charge in [-0.05, 0) is 29.2 Å². The quantitative estimate of drug-likeness (QED) is 0.340. The monoisotopic (exact) mass is 394 g/mol. The SMILES string of the molecule is CC.CC(C)c1ccc(C(C)(C)c2ccc3c(oc4c(F)cccc43)c2F)cc1. The standard InChI is InChI=1S/C24H22F2O.C2H6/c1-14(2)15-8-10-16(11-9-15)24(3,4)19-13-12-18-17-6-5-7-20(25)22(17)27-23(18)21(19)26;1-2/h5-14H,1-4H3;1-2H3. The summed E-state index contributed by atoms with van der Waals surface area (Å²) in [6.45, 7) is 12.3. The molecule has 0 spiro atoms. The minimum atomic E-state index is -0.550. The summed E-state index contributed by atoms with van der Waals surface area (Å²) >= 11 is 0. The largest absolute Gasteiger partial charge is 0.450 e. The van der Waals surface area contributed by atoms with Gasteiger partial charge in [-0.25, -0.2) is 8.78 Å². The highest BCUT2D eigenvalue weighted by Gasteiger charge is 2.29. The first-order valence-corrected chi connectivity index (χ1v) is 10.2. The van der Waals surface area contributed by atoms with Gasteiger partial charge in [0.1, 0.15) is 0 Å². The van der Waals surface area contributed by atoms with Crippen LogP contribution in [-0.4, -0.2) is 0 Å². The van der Waals surface area contributed by atoms with Gasteiger partial charge in [-0.3, -0.25) is 0 Å². The van der Waals surface area contributed by atoms with Gasteiger partial charge in [0.2, 0.25) is 0 Å². The number of hydrogen-bond donors (Lipinski definition) is 0. The average Bonchev–Trinajstić information content (AvgIpc) is 3.11. The first kappa shape index (κ1) is 21.0. The lowest BCUT2D eigenvalue weighted by Crippen LogP contribution is -2.20. The highest BCUT2D eigenvalue weighted by molar-refractivity contribution is 6.05. The van der Waals surface area contributed by atoms with Crippen LogP contribution in [0.5, 0.6) is 0 Å². The van der Waals surface area contributed by atoms with E-state index < -0.39 is 17.0 Å². The third kappa shape index (κ3) is 3.55. The van der Waals surface area contributed by atoms with E-state index >= 15 is 4.39 Å². The molecule has 3 heteroatoms. The van der Waals surface area contributed by atoms with Gasteiger partial charge in [0.15, 0.2) is 22.8 Å². The lowest BCUT2D eigenvalue weighted by Gasteiger charge is -2.27. The van der Waals surface area contributed by atoms with Crippen LogP contribution in [0, 0.1) is 11.6 Å². The smallest absolute Gasteiger partial charge is 0.171 e. The summed E-state index contributed by atoms with van der Waals surface area (Å²) in [6.07, 6.45) is 0. The molecule has 0 aliphatic rings. The van der Waals surface area contributed by atoms with E-state index in [0.29, 0.717) is 22.3 Å². The van der Waals surface area contributed by atoms with Crippen LogP contribution in [0.3, 0.4) is 0 Å². The number of halogens is 2. The van der Waals surface area contributed by atoms with Crippen LogP contribution in [0.4, 0.5) is 8.78 Å².